The van der Waals surface area contributed by atoms with Crippen LogP contribution in [0, 0.1) is 0 Å². The highest BCUT2D eigenvalue weighted by molar-refractivity contribution is 6.20. The van der Waals surface area contributed by atoms with E-state index in [0.717, 1.165) is 5.56 Å². The van der Waals surface area contributed by atoms with Crippen molar-refractivity contribution < 1.29 is 33.3 Å². The number of alkyl halides is 1. The molecule has 0 aliphatic carbocycles. The van der Waals surface area contributed by atoms with Gasteiger partial charge in [0.1, 0.15) is 24.9 Å². The van der Waals surface area contributed by atoms with E-state index in [1.165, 1.54) is 13.8 Å². The Morgan fingerprint density at radius 3 is 2.43 bits per heavy atom. The van der Waals surface area contributed by atoms with Crippen LogP contribution in [0.25, 0.3) is 0 Å². The summed E-state index contributed by atoms with van der Waals surface area (Å²) >= 11 is 6.36. The summed E-state index contributed by atoms with van der Waals surface area (Å²) in [6.45, 7) is 6.52. The van der Waals surface area contributed by atoms with Crippen LogP contribution in [0.15, 0.2) is 43.0 Å². The summed E-state index contributed by atoms with van der Waals surface area (Å²) in [7, 11) is 0. The van der Waals surface area contributed by atoms with Crippen LogP contribution in [0.3, 0.4) is 0 Å². The van der Waals surface area contributed by atoms with Crippen LogP contribution in [0.5, 0.6) is 0 Å². The Hall–Kier alpha value is -1.93. The molecule has 1 aliphatic rings. The van der Waals surface area contributed by atoms with Crippen LogP contribution in [0.2, 0.25) is 0 Å². The molecule has 8 heteroatoms. The van der Waals surface area contributed by atoms with Gasteiger partial charge < -0.3 is 23.7 Å². The predicted molar refractivity (Wildman–Crippen MR) is 102 cm³/mol. The van der Waals surface area contributed by atoms with Gasteiger partial charge in [0, 0.05) is 13.8 Å². The fraction of sp³-hybridized carbons (Fsp3) is 0.500. The second-order valence-corrected chi connectivity index (χ2v) is 6.68. The standard InChI is InChI=1S/C20H25ClO7/c1-4-10-24-19-18(26-11-15-8-6-5-7-9-15)17(27-14(3)23)16(28-20(19)21)12-25-13(2)22/h4-9,16-20H,1,10-12H2,2-3H3/t16-,17-,18+,19-,20+/m1/s1. The number of esters is 2. The molecule has 2 rings (SSSR count). The number of benzene rings is 1. The molecule has 154 valence electrons. The molecule has 5 atom stereocenters. The number of carbonyl (C=O) groups excluding carboxylic acids is 2. The zero-order valence-electron chi connectivity index (χ0n) is 15.9. The third-order valence-corrected chi connectivity index (χ3v) is 4.37. The van der Waals surface area contributed by atoms with Crippen molar-refractivity contribution in [2.45, 2.75) is 50.4 Å². The van der Waals surface area contributed by atoms with Crippen molar-refractivity contribution >= 4 is 23.5 Å². The first-order valence-electron chi connectivity index (χ1n) is 8.90. The quantitative estimate of drug-likeness (QED) is 0.350. The van der Waals surface area contributed by atoms with Crippen molar-refractivity contribution in [2.24, 2.45) is 0 Å². The first kappa shape index (κ1) is 22.4. The van der Waals surface area contributed by atoms with Gasteiger partial charge in [-0.25, -0.2) is 0 Å². The smallest absolute Gasteiger partial charge is 0.303 e. The molecule has 28 heavy (non-hydrogen) atoms. The highest BCUT2D eigenvalue weighted by atomic mass is 35.5. The maximum absolute atomic E-state index is 11.7. The van der Waals surface area contributed by atoms with E-state index < -0.39 is 41.9 Å². The average molecular weight is 413 g/mol. The minimum absolute atomic E-state index is 0.129. The number of hydrogen-bond donors (Lipinski definition) is 0. The minimum atomic E-state index is -0.895. The van der Waals surface area contributed by atoms with E-state index in [-0.39, 0.29) is 19.8 Å². The van der Waals surface area contributed by atoms with Crippen molar-refractivity contribution in [3.8, 4) is 0 Å². The molecule has 0 radical (unpaired) electrons. The SMILES string of the molecule is C=CCO[C@@H]1[C@@H](OCc2ccccc2)[C@H](OC(C)=O)[C@@H](COC(C)=O)O[C@@H]1Cl. The summed E-state index contributed by atoms with van der Waals surface area (Å²) in [6, 6.07) is 9.51. The zero-order chi connectivity index (χ0) is 20.5. The highest BCUT2D eigenvalue weighted by Gasteiger charge is 2.49. The predicted octanol–water partition coefficient (Wildman–Crippen LogP) is 2.60. The number of halogens is 1. The number of carbonyl (C=O) groups is 2. The van der Waals surface area contributed by atoms with E-state index in [9.17, 15) is 9.59 Å². The number of rotatable bonds is 9. The van der Waals surface area contributed by atoms with Crippen LogP contribution in [0.4, 0.5) is 0 Å². The molecule has 0 aromatic heterocycles. The first-order chi connectivity index (χ1) is 13.4. The Bertz CT molecular complexity index is 651. The molecule has 0 spiro atoms. The summed E-state index contributed by atoms with van der Waals surface area (Å²) in [6.07, 6.45) is -1.55. The van der Waals surface area contributed by atoms with Crippen molar-refractivity contribution in [1.82, 2.24) is 0 Å². The summed E-state index contributed by atoms with van der Waals surface area (Å²) in [5, 5.41) is 0. The van der Waals surface area contributed by atoms with Gasteiger partial charge in [-0.05, 0) is 5.56 Å². The van der Waals surface area contributed by atoms with Gasteiger partial charge >= 0.3 is 11.9 Å². The maximum atomic E-state index is 11.7. The fourth-order valence-electron chi connectivity index (χ4n) is 2.84. The molecule has 7 nitrogen and oxygen atoms in total. The van der Waals surface area contributed by atoms with Gasteiger partial charge in [-0.2, -0.15) is 0 Å². The topological polar surface area (TPSA) is 80.3 Å². The van der Waals surface area contributed by atoms with E-state index in [0.29, 0.717) is 0 Å². The molecule has 1 fully saturated rings. The average Bonchev–Trinajstić information content (AvgIpc) is 2.66. The molecule has 1 heterocycles. The summed E-state index contributed by atoms with van der Waals surface area (Å²) in [5.74, 6) is -1.01. The Balaban J connectivity index is 2.23. The third-order valence-electron chi connectivity index (χ3n) is 4.02. The number of ether oxygens (including phenoxy) is 5. The molecular weight excluding hydrogens is 388 g/mol. The largest absolute Gasteiger partial charge is 0.463 e. The Morgan fingerprint density at radius 1 is 1.11 bits per heavy atom. The van der Waals surface area contributed by atoms with E-state index in [2.05, 4.69) is 6.58 Å². The molecule has 1 aromatic carbocycles. The summed E-state index contributed by atoms with van der Waals surface area (Å²) < 4.78 is 28.0. The van der Waals surface area contributed by atoms with Crippen LogP contribution in [0.1, 0.15) is 19.4 Å². The Labute approximate surface area is 169 Å². The molecule has 1 aliphatic heterocycles. The summed E-state index contributed by atoms with van der Waals surface area (Å²) in [4.78, 5) is 22.9. The molecule has 0 unspecified atom stereocenters. The highest BCUT2D eigenvalue weighted by Crippen LogP contribution is 2.31. The lowest BCUT2D eigenvalue weighted by atomic mass is 9.99. The number of hydrogen-bond acceptors (Lipinski definition) is 7. The normalized spacial score (nSPS) is 27.0. The van der Waals surface area contributed by atoms with Crippen LogP contribution < -0.4 is 0 Å². The van der Waals surface area contributed by atoms with E-state index >= 15 is 0 Å². The Morgan fingerprint density at radius 2 is 1.82 bits per heavy atom. The van der Waals surface area contributed by atoms with E-state index in [4.69, 9.17) is 35.3 Å². The molecular formula is C20H25ClO7. The van der Waals surface area contributed by atoms with Crippen molar-refractivity contribution in [3.63, 3.8) is 0 Å². The molecule has 1 aromatic rings. The van der Waals surface area contributed by atoms with E-state index in [1.54, 1.807) is 6.08 Å². The first-order valence-corrected chi connectivity index (χ1v) is 9.34. The van der Waals surface area contributed by atoms with E-state index in [1.807, 2.05) is 30.3 Å². The van der Waals surface area contributed by atoms with Gasteiger partial charge in [-0.1, -0.05) is 48.0 Å². The molecule has 0 amide bonds. The van der Waals surface area contributed by atoms with Gasteiger partial charge in [0.05, 0.1) is 13.2 Å². The molecule has 0 bridgehead atoms. The van der Waals surface area contributed by atoms with Crippen molar-refractivity contribution in [3.05, 3.63) is 48.6 Å². The lowest BCUT2D eigenvalue weighted by Crippen LogP contribution is -2.60. The van der Waals surface area contributed by atoms with Crippen molar-refractivity contribution in [1.29, 1.82) is 0 Å². The molecule has 1 saturated heterocycles. The second kappa shape index (κ2) is 11.2. The lowest BCUT2D eigenvalue weighted by Gasteiger charge is -2.43. The zero-order valence-corrected chi connectivity index (χ0v) is 16.7. The minimum Gasteiger partial charge on any atom is -0.463 e. The Kier molecular flexibility index (Phi) is 8.92. The molecule has 0 N–H and O–H groups in total. The monoisotopic (exact) mass is 412 g/mol. The van der Waals surface area contributed by atoms with Gasteiger partial charge in [0.15, 0.2) is 11.7 Å². The van der Waals surface area contributed by atoms with Crippen molar-refractivity contribution in [2.75, 3.05) is 13.2 Å². The van der Waals surface area contributed by atoms with Crippen LogP contribution in [-0.2, 0) is 39.9 Å². The summed E-state index contributed by atoms with van der Waals surface area (Å²) in [5.41, 5.74) is 0.0359. The van der Waals surface area contributed by atoms with Gasteiger partial charge in [-0.15, -0.1) is 6.58 Å². The maximum Gasteiger partial charge on any atom is 0.303 e. The third kappa shape index (κ3) is 6.60. The fourth-order valence-corrected chi connectivity index (χ4v) is 3.19. The van der Waals surface area contributed by atoms with Crippen LogP contribution in [-0.4, -0.2) is 55.1 Å². The molecule has 0 saturated carbocycles. The van der Waals surface area contributed by atoms with Gasteiger partial charge in [0.2, 0.25) is 0 Å². The second-order valence-electron chi connectivity index (χ2n) is 6.25. The van der Waals surface area contributed by atoms with Crippen LogP contribution >= 0.6 is 11.6 Å². The van der Waals surface area contributed by atoms with Gasteiger partial charge in [0.25, 0.3) is 0 Å². The van der Waals surface area contributed by atoms with Gasteiger partial charge in [-0.3, -0.25) is 9.59 Å². The lowest BCUT2D eigenvalue weighted by molar-refractivity contribution is -0.244.